The predicted octanol–water partition coefficient (Wildman–Crippen LogP) is 5.15. The number of carbonyl (C=O) groups is 2. The van der Waals surface area contributed by atoms with Crippen molar-refractivity contribution in [1.82, 2.24) is 5.32 Å². The van der Waals surface area contributed by atoms with Gasteiger partial charge < -0.3 is 10.6 Å². The Morgan fingerprint density at radius 1 is 0.821 bits per heavy atom. The summed E-state index contributed by atoms with van der Waals surface area (Å²) in [5.74, 6) is -0.410. The average molecular weight is 391 g/mol. The fraction of sp³-hybridized carbons (Fsp3) is 0.130. The molecule has 1 aliphatic carbocycles. The molecule has 28 heavy (non-hydrogen) atoms. The van der Waals surface area contributed by atoms with Crippen LogP contribution in [0, 0.1) is 0 Å². The van der Waals surface area contributed by atoms with Crippen LogP contribution in [0.15, 0.2) is 72.8 Å². The summed E-state index contributed by atoms with van der Waals surface area (Å²) in [6.07, 6.45) is 2.03. The van der Waals surface area contributed by atoms with E-state index in [0.29, 0.717) is 21.8 Å². The maximum atomic E-state index is 12.5. The summed E-state index contributed by atoms with van der Waals surface area (Å²) in [5, 5.41) is 6.04. The van der Waals surface area contributed by atoms with Crippen LogP contribution in [0.4, 0.5) is 5.69 Å². The molecule has 0 saturated heterocycles. The largest absolute Gasteiger partial charge is 0.349 e. The molecule has 140 valence electrons. The number of benzene rings is 3. The minimum absolute atomic E-state index is 0.179. The Kier molecular flexibility index (Phi) is 5.13. The summed E-state index contributed by atoms with van der Waals surface area (Å²) in [6.45, 7) is 0. The van der Waals surface area contributed by atoms with Gasteiger partial charge in [-0.1, -0.05) is 54.1 Å². The Bertz CT molecular complexity index is 1010. The molecular weight excluding hydrogens is 372 g/mol. The summed E-state index contributed by atoms with van der Waals surface area (Å²) in [5.41, 5.74) is 3.66. The van der Waals surface area contributed by atoms with Gasteiger partial charge in [-0.15, -0.1) is 0 Å². The number of hydrogen-bond donors (Lipinski definition) is 2. The summed E-state index contributed by atoms with van der Waals surface area (Å²) in [4.78, 5) is 24.6. The molecule has 0 bridgehead atoms. The van der Waals surface area contributed by atoms with Crippen LogP contribution in [-0.4, -0.2) is 17.9 Å². The van der Waals surface area contributed by atoms with E-state index in [1.807, 2.05) is 42.5 Å². The number of amides is 2. The van der Waals surface area contributed by atoms with E-state index < -0.39 is 0 Å². The molecule has 1 fully saturated rings. The van der Waals surface area contributed by atoms with E-state index in [0.717, 1.165) is 24.0 Å². The lowest BCUT2D eigenvalue weighted by Crippen LogP contribution is -2.25. The smallest absolute Gasteiger partial charge is 0.255 e. The Labute approximate surface area is 168 Å². The Balaban J connectivity index is 1.44. The van der Waals surface area contributed by atoms with Crippen LogP contribution in [0.1, 0.15) is 33.6 Å². The molecule has 0 radical (unpaired) electrons. The molecule has 2 amide bonds. The highest BCUT2D eigenvalue weighted by atomic mass is 35.5. The second-order valence-electron chi connectivity index (χ2n) is 6.84. The topological polar surface area (TPSA) is 58.2 Å². The number of rotatable bonds is 5. The molecular formula is C23H19ClN2O2. The van der Waals surface area contributed by atoms with Gasteiger partial charge in [-0.05, 0) is 54.3 Å². The molecule has 1 aliphatic rings. The van der Waals surface area contributed by atoms with Gasteiger partial charge in [-0.2, -0.15) is 0 Å². The molecule has 0 heterocycles. The molecule has 0 aliphatic heterocycles. The first kappa shape index (κ1) is 18.3. The highest BCUT2D eigenvalue weighted by molar-refractivity contribution is 6.34. The fourth-order valence-electron chi connectivity index (χ4n) is 2.92. The van der Waals surface area contributed by atoms with Crippen LogP contribution < -0.4 is 10.6 Å². The highest BCUT2D eigenvalue weighted by Crippen LogP contribution is 2.25. The van der Waals surface area contributed by atoms with Crippen LogP contribution in [0.3, 0.4) is 0 Å². The SMILES string of the molecule is O=C(Nc1ccc(C(=O)NC2CC2)c(Cl)c1)c1ccc(-c2ccccc2)cc1. The third kappa shape index (κ3) is 4.24. The van der Waals surface area contributed by atoms with Gasteiger partial charge in [0.25, 0.3) is 11.8 Å². The number of nitrogens with one attached hydrogen (secondary N) is 2. The fourth-order valence-corrected chi connectivity index (χ4v) is 3.18. The quantitative estimate of drug-likeness (QED) is 0.632. The lowest BCUT2D eigenvalue weighted by Gasteiger charge is -2.10. The van der Waals surface area contributed by atoms with E-state index in [1.165, 1.54) is 0 Å². The van der Waals surface area contributed by atoms with Crippen LogP contribution in [-0.2, 0) is 0 Å². The van der Waals surface area contributed by atoms with Crippen LogP contribution >= 0.6 is 11.6 Å². The third-order valence-corrected chi connectivity index (χ3v) is 4.95. The van der Waals surface area contributed by atoms with Crippen molar-refractivity contribution >= 4 is 29.1 Å². The van der Waals surface area contributed by atoms with Gasteiger partial charge in [0.05, 0.1) is 10.6 Å². The molecule has 5 heteroatoms. The summed E-state index contributed by atoms with van der Waals surface area (Å²) < 4.78 is 0. The lowest BCUT2D eigenvalue weighted by molar-refractivity contribution is 0.0950. The van der Waals surface area contributed by atoms with E-state index in [4.69, 9.17) is 11.6 Å². The summed E-state index contributed by atoms with van der Waals surface area (Å²) in [6, 6.07) is 22.6. The average Bonchev–Trinajstić information content (AvgIpc) is 3.53. The predicted molar refractivity (Wildman–Crippen MR) is 112 cm³/mol. The van der Waals surface area contributed by atoms with Crippen molar-refractivity contribution < 1.29 is 9.59 Å². The minimum Gasteiger partial charge on any atom is -0.349 e. The molecule has 2 N–H and O–H groups in total. The molecule has 4 nitrogen and oxygen atoms in total. The van der Waals surface area contributed by atoms with Gasteiger partial charge in [0, 0.05) is 17.3 Å². The molecule has 1 saturated carbocycles. The van der Waals surface area contributed by atoms with Gasteiger partial charge in [0.15, 0.2) is 0 Å². The van der Waals surface area contributed by atoms with Gasteiger partial charge >= 0.3 is 0 Å². The zero-order valence-corrected chi connectivity index (χ0v) is 15.9. The van der Waals surface area contributed by atoms with Crippen molar-refractivity contribution in [1.29, 1.82) is 0 Å². The Morgan fingerprint density at radius 2 is 1.50 bits per heavy atom. The van der Waals surface area contributed by atoms with Gasteiger partial charge in [0.2, 0.25) is 0 Å². The van der Waals surface area contributed by atoms with Crippen molar-refractivity contribution in [2.24, 2.45) is 0 Å². The molecule has 0 spiro atoms. The van der Waals surface area contributed by atoms with Crippen molar-refractivity contribution in [3.8, 4) is 11.1 Å². The highest BCUT2D eigenvalue weighted by Gasteiger charge is 2.24. The molecule has 4 rings (SSSR count). The molecule has 0 unspecified atom stereocenters. The van der Waals surface area contributed by atoms with Crippen LogP contribution in [0.25, 0.3) is 11.1 Å². The van der Waals surface area contributed by atoms with Crippen molar-refractivity contribution in [3.63, 3.8) is 0 Å². The van der Waals surface area contributed by atoms with Crippen molar-refractivity contribution in [2.75, 3.05) is 5.32 Å². The zero-order chi connectivity index (χ0) is 19.5. The second-order valence-corrected chi connectivity index (χ2v) is 7.25. The van der Waals surface area contributed by atoms with Crippen LogP contribution in [0.2, 0.25) is 5.02 Å². The molecule has 3 aromatic rings. The maximum absolute atomic E-state index is 12.5. The van der Waals surface area contributed by atoms with Crippen molar-refractivity contribution in [3.05, 3.63) is 88.9 Å². The molecule has 3 aromatic carbocycles. The summed E-state index contributed by atoms with van der Waals surface area (Å²) in [7, 11) is 0. The normalized spacial score (nSPS) is 13.0. The standard InChI is InChI=1S/C23H19ClN2O2/c24-21-14-19(12-13-20(21)23(28)25-18-10-11-18)26-22(27)17-8-6-16(7-9-17)15-4-2-1-3-5-15/h1-9,12-14,18H,10-11H2,(H,25,28)(H,26,27). The van der Waals surface area contributed by atoms with E-state index >= 15 is 0 Å². The number of hydrogen-bond acceptors (Lipinski definition) is 2. The van der Waals surface area contributed by atoms with Crippen LogP contribution in [0.5, 0.6) is 0 Å². The van der Waals surface area contributed by atoms with E-state index in [-0.39, 0.29) is 17.9 Å². The zero-order valence-electron chi connectivity index (χ0n) is 15.1. The monoisotopic (exact) mass is 390 g/mol. The summed E-state index contributed by atoms with van der Waals surface area (Å²) >= 11 is 6.23. The van der Waals surface area contributed by atoms with Gasteiger partial charge in [0.1, 0.15) is 0 Å². The first-order chi connectivity index (χ1) is 13.6. The molecule has 0 atom stereocenters. The number of anilines is 1. The maximum Gasteiger partial charge on any atom is 0.255 e. The van der Waals surface area contributed by atoms with E-state index in [9.17, 15) is 9.59 Å². The third-order valence-electron chi connectivity index (χ3n) is 4.64. The van der Waals surface area contributed by atoms with Gasteiger partial charge in [-0.25, -0.2) is 0 Å². The second kappa shape index (κ2) is 7.87. The van der Waals surface area contributed by atoms with E-state index in [1.54, 1.807) is 30.3 Å². The molecule has 0 aromatic heterocycles. The number of carbonyl (C=O) groups excluding carboxylic acids is 2. The first-order valence-electron chi connectivity index (χ1n) is 9.17. The number of halogens is 1. The first-order valence-corrected chi connectivity index (χ1v) is 9.55. The minimum atomic E-state index is -0.231. The lowest BCUT2D eigenvalue weighted by atomic mass is 10.0. The van der Waals surface area contributed by atoms with E-state index in [2.05, 4.69) is 10.6 Å². The Hall–Kier alpha value is -3.11. The van der Waals surface area contributed by atoms with Crippen molar-refractivity contribution in [2.45, 2.75) is 18.9 Å². The Morgan fingerprint density at radius 3 is 2.14 bits per heavy atom. The van der Waals surface area contributed by atoms with Gasteiger partial charge in [-0.3, -0.25) is 9.59 Å².